The van der Waals surface area contributed by atoms with E-state index in [1.807, 2.05) is 12.2 Å². The van der Waals surface area contributed by atoms with Crippen LogP contribution in [0, 0.1) is 29.1 Å². The molecule has 0 aromatic rings. The van der Waals surface area contributed by atoms with E-state index >= 15 is 0 Å². The number of carbonyl (C=O) groups is 2. The summed E-state index contributed by atoms with van der Waals surface area (Å²) in [4.78, 5) is 24.1. The molecule has 0 aliphatic heterocycles. The number of esters is 1. The van der Waals surface area contributed by atoms with E-state index in [2.05, 4.69) is 41.5 Å². The molecular weight excluding hydrogens is 316 g/mol. The third-order valence-corrected chi connectivity index (χ3v) is 4.70. The average Bonchev–Trinajstić information content (AvgIpc) is 2.44. The summed E-state index contributed by atoms with van der Waals surface area (Å²) >= 11 is 0. The highest BCUT2D eigenvalue weighted by Gasteiger charge is 2.36. The van der Waals surface area contributed by atoms with Crippen molar-refractivity contribution < 1.29 is 19.4 Å². The van der Waals surface area contributed by atoms with Gasteiger partial charge in [0.05, 0.1) is 11.8 Å². The van der Waals surface area contributed by atoms with Crippen LogP contribution < -0.4 is 0 Å². The number of hydrogen-bond acceptors (Lipinski definition) is 3. The predicted molar refractivity (Wildman–Crippen MR) is 100 cm³/mol. The first-order chi connectivity index (χ1) is 11.5. The molecule has 0 saturated carbocycles. The first kappa shape index (κ1) is 21.7. The molecule has 1 N–H and O–H groups in total. The Balaban J connectivity index is 2.74. The number of aliphatic carboxylic acids is 1. The van der Waals surface area contributed by atoms with Gasteiger partial charge in [-0.2, -0.15) is 0 Å². The zero-order valence-electron chi connectivity index (χ0n) is 16.7. The maximum atomic E-state index is 12.7. The molecule has 0 saturated heterocycles. The van der Waals surface area contributed by atoms with Crippen molar-refractivity contribution in [2.24, 2.45) is 29.1 Å². The summed E-state index contributed by atoms with van der Waals surface area (Å²) in [6.45, 7) is 13.1. The Morgan fingerprint density at radius 3 is 2.12 bits per heavy atom. The molecule has 0 aromatic heterocycles. The van der Waals surface area contributed by atoms with Crippen LogP contribution in [0.3, 0.4) is 0 Å². The molecule has 0 radical (unpaired) electrons. The first-order valence-electron chi connectivity index (χ1n) is 9.58. The lowest BCUT2D eigenvalue weighted by molar-refractivity contribution is -0.163. The van der Waals surface area contributed by atoms with Gasteiger partial charge >= 0.3 is 11.9 Å². The van der Waals surface area contributed by atoms with E-state index in [-0.39, 0.29) is 17.5 Å². The van der Waals surface area contributed by atoms with Gasteiger partial charge in [0.2, 0.25) is 0 Å². The van der Waals surface area contributed by atoms with Crippen molar-refractivity contribution in [3.63, 3.8) is 0 Å². The number of hydrogen-bond donors (Lipinski definition) is 1. The zero-order valence-corrected chi connectivity index (χ0v) is 16.7. The summed E-state index contributed by atoms with van der Waals surface area (Å²) in [6.07, 6.45) is 7.20. The SMILES string of the molecule is CC(C)CC(CC(C)CC(C)(C)C)OC(=O)C1CC=CCC1C(=O)O. The third-order valence-electron chi connectivity index (χ3n) is 4.70. The summed E-state index contributed by atoms with van der Waals surface area (Å²) in [5, 5.41) is 9.37. The van der Waals surface area contributed by atoms with Gasteiger partial charge in [0.1, 0.15) is 6.10 Å². The first-order valence-corrected chi connectivity index (χ1v) is 9.58. The topological polar surface area (TPSA) is 63.6 Å². The fraction of sp³-hybridized carbons (Fsp3) is 0.810. The van der Waals surface area contributed by atoms with Gasteiger partial charge in [-0.25, -0.2) is 0 Å². The second kappa shape index (κ2) is 9.40. The monoisotopic (exact) mass is 352 g/mol. The minimum atomic E-state index is -0.909. The van der Waals surface area contributed by atoms with Crippen LogP contribution in [0.5, 0.6) is 0 Å². The van der Waals surface area contributed by atoms with E-state index in [1.165, 1.54) is 0 Å². The minimum absolute atomic E-state index is 0.134. The van der Waals surface area contributed by atoms with Crippen LogP contribution in [0.2, 0.25) is 0 Å². The third kappa shape index (κ3) is 8.06. The lowest BCUT2D eigenvalue weighted by atomic mass is 9.82. The molecule has 0 heterocycles. The molecule has 0 bridgehead atoms. The summed E-state index contributed by atoms with van der Waals surface area (Å²) in [6, 6.07) is 0. The molecule has 25 heavy (non-hydrogen) atoms. The van der Waals surface area contributed by atoms with Crippen LogP contribution in [0.25, 0.3) is 0 Å². The van der Waals surface area contributed by atoms with E-state index in [0.29, 0.717) is 24.7 Å². The Bertz CT molecular complexity index is 473. The number of carboxylic acid groups (broad SMARTS) is 1. The highest BCUT2D eigenvalue weighted by Crippen LogP contribution is 2.31. The van der Waals surface area contributed by atoms with Crippen LogP contribution in [0.1, 0.15) is 73.6 Å². The zero-order chi connectivity index (χ0) is 19.2. The number of ether oxygens (including phenoxy) is 1. The van der Waals surface area contributed by atoms with Crippen molar-refractivity contribution in [1.82, 2.24) is 0 Å². The lowest BCUT2D eigenvalue weighted by Gasteiger charge is -2.30. The summed E-state index contributed by atoms with van der Waals surface area (Å²) in [5.41, 5.74) is 0.244. The van der Waals surface area contributed by atoms with E-state index in [0.717, 1.165) is 19.3 Å². The molecule has 4 atom stereocenters. The van der Waals surface area contributed by atoms with Crippen LogP contribution >= 0.6 is 0 Å². The van der Waals surface area contributed by atoms with Crippen molar-refractivity contribution >= 4 is 11.9 Å². The Hall–Kier alpha value is -1.32. The molecule has 4 unspecified atom stereocenters. The smallest absolute Gasteiger partial charge is 0.310 e. The highest BCUT2D eigenvalue weighted by atomic mass is 16.5. The number of allylic oxidation sites excluding steroid dienone is 2. The van der Waals surface area contributed by atoms with Crippen LogP contribution in [0.4, 0.5) is 0 Å². The molecule has 1 rings (SSSR count). The summed E-state index contributed by atoms with van der Waals surface area (Å²) < 4.78 is 5.83. The normalized spacial score (nSPS) is 23.3. The van der Waals surface area contributed by atoms with E-state index < -0.39 is 17.8 Å². The molecule has 0 spiro atoms. The molecule has 0 aromatic carbocycles. The van der Waals surface area contributed by atoms with E-state index in [4.69, 9.17) is 4.74 Å². The second-order valence-electron chi connectivity index (χ2n) is 9.29. The van der Waals surface area contributed by atoms with Gasteiger partial charge < -0.3 is 9.84 Å². The van der Waals surface area contributed by atoms with Gasteiger partial charge in [0, 0.05) is 0 Å². The molecular formula is C21H36O4. The number of carboxylic acids is 1. The standard InChI is InChI=1S/C21H36O4/c1-14(2)11-16(12-15(3)13-21(4,5)6)25-20(24)18-10-8-7-9-17(18)19(22)23/h7-8,14-18H,9-13H2,1-6H3,(H,22,23). The van der Waals surface area contributed by atoms with Crippen molar-refractivity contribution in [3.05, 3.63) is 12.2 Å². The minimum Gasteiger partial charge on any atom is -0.481 e. The maximum Gasteiger partial charge on any atom is 0.310 e. The highest BCUT2D eigenvalue weighted by molar-refractivity contribution is 5.81. The van der Waals surface area contributed by atoms with Crippen LogP contribution in [-0.2, 0) is 14.3 Å². The van der Waals surface area contributed by atoms with Crippen LogP contribution in [0.15, 0.2) is 12.2 Å². The molecule has 4 nitrogen and oxygen atoms in total. The quantitative estimate of drug-likeness (QED) is 0.489. The maximum absolute atomic E-state index is 12.7. The fourth-order valence-electron chi connectivity index (χ4n) is 3.90. The number of carbonyl (C=O) groups excluding carboxylic acids is 1. The largest absolute Gasteiger partial charge is 0.481 e. The molecule has 4 heteroatoms. The van der Waals surface area contributed by atoms with E-state index in [9.17, 15) is 14.7 Å². The molecule has 1 aliphatic rings. The van der Waals surface area contributed by atoms with Gasteiger partial charge in [-0.15, -0.1) is 0 Å². The Kier molecular flexibility index (Phi) is 8.17. The predicted octanol–water partition coefficient (Wildman–Crippen LogP) is 5.07. The van der Waals surface area contributed by atoms with Gasteiger partial charge in [0.25, 0.3) is 0 Å². The van der Waals surface area contributed by atoms with E-state index in [1.54, 1.807) is 0 Å². The Morgan fingerprint density at radius 1 is 1.08 bits per heavy atom. The van der Waals surface area contributed by atoms with Crippen molar-refractivity contribution in [2.75, 3.05) is 0 Å². The Labute approximate surface area is 153 Å². The second-order valence-corrected chi connectivity index (χ2v) is 9.29. The van der Waals surface area contributed by atoms with Crippen molar-refractivity contribution in [2.45, 2.75) is 79.8 Å². The van der Waals surface area contributed by atoms with Crippen LogP contribution in [-0.4, -0.2) is 23.1 Å². The van der Waals surface area contributed by atoms with Crippen molar-refractivity contribution in [1.29, 1.82) is 0 Å². The molecule has 0 fully saturated rings. The average molecular weight is 353 g/mol. The summed E-state index contributed by atoms with van der Waals surface area (Å²) in [7, 11) is 0. The van der Waals surface area contributed by atoms with Gasteiger partial charge in [-0.1, -0.05) is 53.7 Å². The number of rotatable bonds is 8. The molecule has 144 valence electrons. The molecule has 1 aliphatic carbocycles. The lowest BCUT2D eigenvalue weighted by Crippen LogP contribution is -2.35. The van der Waals surface area contributed by atoms with Crippen molar-refractivity contribution in [3.8, 4) is 0 Å². The molecule has 0 amide bonds. The van der Waals surface area contributed by atoms with Gasteiger partial charge in [-0.3, -0.25) is 9.59 Å². The van der Waals surface area contributed by atoms with Gasteiger partial charge in [0.15, 0.2) is 0 Å². The fourth-order valence-corrected chi connectivity index (χ4v) is 3.90. The summed E-state index contributed by atoms with van der Waals surface area (Å²) in [5.74, 6) is -1.59. The Morgan fingerprint density at radius 2 is 1.64 bits per heavy atom. The van der Waals surface area contributed by atoms with Gasteiger partial charge in [-0.05, 0) is 49.4 Å².